The quantitative estimate of drug-likeness (QED) is 0.853. The number of aromatic amines is 1. The number of nitrogens with two attached hydrogens (primary N) is 1. The van der Waals surface area contributed by atoms with E-state index in [2.05, 4.69) is 23.8 Å². The van der Waals surface area contributed by atoms with Gasteiger partial charge in [-0.2, -0.15) is 0 Å². The van der Waals surface area contributed by atoms with Crippen LogP contribution in [0.25, 0.3) is 11.5 Å². The Labute approximate surface area is 101 Å². The second-order valence-corrected chi connectivity index (χ2v) is 4.42. The molecule has 0 spiro atoms. The Bertz CT molecular complexity index is 494. The minimum absolute atomic E-state index is 0.375. The summed E-state index contributed by atoms with van der Waals surface area (Å²) in [6, 6.07) is 3.87. The van der Waals surface area contributed by atoms with Gasteiger partial charge < -0.3 is 15.1 Å². The molecule has 2 aromatic rings. The second kappa shape index (κ2) is 4.37. The average Bonchev–Trinajstić information content (AvgIpc) is 2.96. The number of H-pyrrole nitrogens is 1. The molecule has 0 amide bonds. The van der Waals surface area contributed by atoms with E-state index >= 15 is 0 Å². The third kappa shape index (κ3) is 2.13. The Hall–Kier alpha value is -1.55. The third-order valence-corrected chi connectivity index (χ3v) is 3.32. The van der Waals surface area contributed by atoms with E-state index in [0.717, 1.165) is 35.9 Å². The highest BCUT2D eigenvalue weighted by Crippen LogP contribution is 2.26. The fourth-order valence-electron chi connectivity index (χ4n) is 1.86. The lowest BCUT2D eigenvalue weighted by atomic mass is 9.93. The number of aryl methyl sites for hydroxylation is 1. The number of imidazole rings is 1. The van der Waals surface area contributed by atoms with Gasteiger partial charge in [-0.25, -0.2) is 4.98 Å². The first kappa shape index (κ1) is 11.9. The van der Waals surface area contributed by atoms with E-state index in [1.165, 1.54) is 0 Å². The molecule has 0 atom stereocenters. The summed E-state index contributed by atoms with van der Waals surface area (Å²) in [6.45, 7) is 6.07. The molecule has 0 saturated heterocycles. The van der Waals surface area contributed by atoms with Crippen LogP contribution in [0.2, 0.25) is 0 Å². The SMILES string of the molecule is CCC(N)(CC)c1ncc(-c2ccc(C)o2)[nH]1. The van der Waals surface area contributed by atoms with Crippen molar-refractivity contribution in [1.29, 1.82) is 0 Å². The number of furan rings is 1. The van der Waals surface area contributed by atoms with E-state index in [0.29, 0.717) is 0 Å². The van der Waals surface area contributed by atoms with Crippen molar-refractivity contribution in [2.45, 2.75) is 39.2 Å². The van der Waals surface area contributed by atoms with Crippen LogP contribution in [0.5, 0.6) is 0 Å². The van der Waals surface area contributed by atoms with Crippen LogP contribution in [0, 0.1) is 6.92 Å². The van der Waals surface area contributed by atoms with Crippen molar-refractivity contribution in [3.05, 3.63) is 29.9 Å². The summed E-state index contributed by atoms with van der Waals surface area (Å²) in [7, 11) is 0. The molecule has 0 aliphatic heterocycles. The largest absolute Gasteiger partial charge is 0.460 e. The Morgan fingerprint density at radius 3 is 2.59 bits per heavy atom. The van der Waals surface area contributed by atoms with Gasteiger partial charge >= 0.3 is 0 Å². The summed E-state index contributed by atoms with van der Waals surface area (Å²) in [4.78, 5) is 7.63. The number of hydrogen-bond acceptors (Lipinski definition) is 3. The van der Waals surface area contributed by atoms with Crippen molar-refractivity contribution in [3.8, 4) is 11.5 Å². The first-order valence-electron chi connectivity index (χ1n) is 6.00. The van der Waals surface area contributed by atoms with Crippen molar-refractivity contribution in [2.24, 2.45) is 5.73 Å². The highest BCUT2D eigenvalue weighted by atomic mass is 16.3. The molecule has 0 aliphatic carbocycles. The summed E-state index contributed by atoms with van der Waals surface area (Å²) in [5, 5.41) is 0. The van der Waals surface area contributed by atoms with Crippen LogP contribution < -0.4 is 5.73 Å². The van der Waals surface area contributed by atoms with Gasteiger partial charge in [0.25, 0.3) is 0 Å². The molecule has 0 fully saturated rings. The zero-order chi connectivity index (χ0) is 12.5. The van der Waals surface area contributed by atoms with E-state index in [-0.39, 0.29) is 5.54 Å². The van der Waals surface area contributed by atoms with Crippen LogP contribution >= 0.6 is 0 Å². The molecule has 4 nitrogen and oxygen atoms in total. The maximum Gasteiger partial charge on any atom is 0.152 e. The van der Waals surface area contributed by atoms with Crippen LogP contribution in [-0.2, 0) is 5.54 Å². The summed E-state index contributed by atoms with van der Waals surface area (Å²) in [6.07, 6.45) is 3.49. The highest BCUT2D eigenvalue weighted by molar-refractivity contribution is 5.51. The van der Waals surface area contributed by atoms with E-state index in [1.54, 1.807) is 6.20 Å². The van der Waals surface area contributed by atoms with Crippen LogP contribution in [-0.4, -0.2) is 9.97 Å². The van der Waals surface area contributed by atoms with Gasteiger partial charge in [-0.1, -0.05) is 13.8 Å². The molecule has 0 radical (unpaired) electrons. The van der Waals surface area contributed by atoms with E-state index in [9.17, 15) is 0 Å². The maximum absolute atomic E-state index is 6.29. The van der Waals surface area contributed by atoms with Gasteiger partial charge in [0.1, 0.15) is 17.3 Å². The fraction of sp³-hybridized carbons (Fsp3) is 0.462. The van der Waals surface area contributed by atoms with Gasteiger partial charge in [-0.3, -0.25) is 0 Å². The van der Waals surface area contributed by atoms with Gasteiger partial charge in [0.15, 0.2) is 5.76 Å². The Kier molecular flexibility index (Phi) is 3.07. The molecular formula is C13H19N3O. The van der Waals surface area contributed by atoms with E-state index in [4.69, 9.17) is 10.2 Å². The minimum atomic E-state index is -0.375. The molecule has 3 N–H and O–H groups in total. The molecule has 92 valence electrons. The zero-order valence-electron chi connectivity index (χ0n) is 10.6. The number of nitrogens with zero attached hydrogens (tertiary/aromatic N) is 1. The van der Waals surface area contributed by atoms with Crippen LogP contribution in [0.15, 0.2) is 22.7 Å². The lowest BCUT2D eigenvalue weighted by Gasteiger charge is -2.23. The smallest absolute Gasteiger partial charge is 0.152 e. The lowest BCUT2D eigenvalue weighted by molar-refractivity contribution is 0.390. The predicted molar refractivity (Wildman–Crippen MR) is 67.5 cm³/mol. The molecular weight excluding hydrogens is 214 g/mol. The normalized spacial score (nSPS) is 12.0. The first-order valence-corrected chi connectivity index (χ1v) is 6.00. The summed E-state index contributed by atoms with van der Waals surface area (Å²) < 4.78 is 5.55. The van der Waals surface area contributed by atoms with Crippen molar-refractivity contribution in [3.63, 3.8) is 0 Å². The van der Waals surface area contributed by atoms with E-state index in [1.807, 2.05) is 19.1 Å². The molecule has 2 heterocycles. The Morgan fingerprint density at radius 2 is 2.06 bits per heavy atom. The molecule has 2 rings (SSSR count). The molecule has 0 aliphatic rings. The monoisotopic (exact) mass is 233 g/mol. The number of aromatic nitrogens is 2. The molecule has 0 saturated carbocycles. The Morgan fingerprint density at radius 1 is 1.35 bits per heavy atom. The average molecular weight is 233 g/mol. The molecule has 0 unspecified atom stereocenters. The summed E-state index contributed by atoms with van der Waals surface area (Å²) >= 11 is 0. The molecule has 17 heavy (non-hydrogen) atoms. The lowest BCUT2D eigenvalue weighted by Crippen LogP contribution is -2.36. The van der Waals surface area contributed by atoms with Gasteiger partial charge in [0, 0.05) is 0 Å². The zero-order valence-corrected chi connectivity index (χ0v) is 10.6. The Balaban J connectivity index is 2.33. The van der Waals surface area contributed by atoms with E-state index < -0.39 is 0 Å². The maximum atomic E-state index is 6.29. The summed E-state index contributed by atoms with van der Waals surface area (Å²) in [5.41, 5.74) is 6.79. The molecule has 2 aromatic heterocycles. The van der Waals surface area contributed by atoms with Crippen molar-refractivity contribution < 1.29 is 4.42 Å². The van der Waals surface area contributed by atoms with Crippen molar-refractivity contribution >= 4 is 0 Å². The van der Waals surface area contributed by atoms with Crippen molar-refractivity contribution in [1.82, 2.24) is 9.97 Å². The fourth-order valence-corrected chi connectivity index (χ4v) is 1.86. The number of nitrogens with one attached hydrogen (secondary N) is 1. The van der Waals surface area contributed by atoms with Gasteiger partial charge in [-0.15, -0.1) is 0 Å². The predicted octanol–water partition coefficient (Wildman–Crippen LogP) is 2.95. The van der Waals surface area contributed by atoms with Crippen LogP contribution in [0.1, 0.15) is 38.3 Å². The van der Waals surface area contributed by atoms with Crippen LogP contribution in [0.3, 0.4) is 0 Å². The van der Waals surface area contributed by atoms with Crippen LogP contribution in [0.4, 0.5) is 0 Å². The number of hydrogen-bond donors (Lipinski definition) is 2. The van der Waals surface area contributed by atoms with Gasteiger partial charge in [0.05, 0.1) is 11.7 Å². The molecule has 4 heteroatoms. The second-order valence-electron chi connectivity index (χ2n) is 4.42. The highest BCUT2D eigenvalue weighted by Gasteiger charge is 2.26. The summed E-state index contributed by atoms with van der Waals surface area (Å²) in [5.74, 6) is 2.52. The minimum Gasteiger partial charge on any atom is -0.460 e. The number of rotatable bonds is 4. The standard InChI is InChI=1S/C13H19N3O/c1-4-13(14,5-2)12-15-8-10(16-12)11-7-6-9(3)17-11/h6-8H,4-5,14H2,1-3H3,(H,15,16). The first-order chi connectivity index (χ1) is 8.09. The van der Waals surface area contributed by atoms with Gasteiger partial charge in [-0.05, 0) is 31.9 Å². The van der Waals surface area contributed by atoms with Gasteiger partial charge in [0.2, 0.25) is 0 Å². The molecule has 0 bridgehead atoms. The van der Waals surface area contributed by atoms with Crippen molar-refractivity contribution in [2.75, 3.05) is 0 Å². The topological polar surface area (TPSA) is 67.8 Å². The molecule has 0 aromatic carbocycles. The third-order valence-electron chi connectivity index (χ3n) is 3.32.